The summed E-state index contributed by atoms with van der Waals surface area (Å²) in [7, 11) is 0. The predicted molar refractivity (Wildman–Crippen MR) is 47.0 cm³/mol. The predicted octanol–water partition coefficient (Wildman–Crippen LogP) is 1.46. The smallest absolute Gasteiger partial charge is 0.133 e. The van der Waals surface area contributed by atoms with Crippen molar-refractivity contribution in [2.75, 3.05) is 26.2 Å². The van der Waals surface area contributed by atoms with Crippen LogP contribution in [0.15, 0.2) is 0 Å². The van der Waals surface area contributed by atoms with Crippen LogP contribution in [0.5, 0.6) is 0 Å². The number of ether oxygens (including phenoxy) is 1. The Kier molecular flexibility index (Phi) is 3.07. The van der Waals surface area contributed by atoms with E-state index in [1.54, 1.807) is 6.92 Å². The number of likely N-dealkylation sites (tertiary alicyclic amines) is 1. The lowest BCUT2D eigenvalue weighted by molar-refractivity contribution is -0.0382. The highest BCUT2D eigenvalue weighted by Crippen LogP contribution is 2.23. The van der Waals surface area contributed by atoms with Crippen LogP contribution in [-0.4, -0.2) is 42.9 Å². The van der Waals surface area contributed by atoms with Crippen molar-refractivity contribution in [2.24, 2.45) is 0 Å². The molecule has 0 amide bonds. The number of alkyl halides is 1. The second kappa shape index (κ2) is 3.71. The van der Waals surface area contributed by atoms with Gasteiger partial charge in [-0.25, -0.2) is 4.39 Å². The Morgan fingerprint density at radius 3 is 2.50 bits per heavy atom. The van der Waals surface area contributed by atoms with Gasteiger partial charge >= 0.3 is 0 Å². The summed E-state index contributed by atoms with van der Waals surface area (Å²) in [6.07, 6.45) is 0.281. The quantitative estimate of drug-likeness (QED) is 0.641. The van der Waals surface area contributed by atoms with Gasteiger partial charge in [0.25, 0.3) is 0 Å². The minimum absolute atomic E-state index is 0.281. The maximum Gasteiger partial charge on any atom is 0.133 e. The van der Waals surface area contributed by atoms with E-state index in [0.717, 1.165) is 6.54 Å². The second-order valence-corrected chi connectivity index (χ2v) is 4.04. The van der Waals surface area contributed by atoms with Crippen molar-refractivity contribution >= 4 is 0 Å². The van der Waals surface area contributed by atoms with Gasteiger partial charge in [-0.3, -0.25) is 4.90 Å². The van der Waals surface area contributed by atoms with Gasteiger partial charge in [-0.15, -0.1) is 0 Å². The minimum atomic E-state index is -0.947. The minimum Gasteiger partial charge on any atom is -0.377 e. The van der Waals surface area contributed by atoms with Crippen molar-refractivity contribution < 1.29 is 9.13 Å². The fourth-order valence-electron chi connectivity index (χ4n) is 1.46. The van der Waals surface area contributed by atoms with Crippen molar-refractivity contribution in [3.63, 3.8) is 0 Å². The molecule has 3 heteroatoms. The first kappa shape index (κ1) is 9.93. The van der Waals surface area contributed by atoms with E-state index in [-0.39, 0.29) is 6.10 Å². The number of hydrogen-bond acceptors (Lipinski definition) is 2. The van der Waals surface area contributed by atoms with Gasteiger partial charge in [-0.05, 0) is 20.8 Å². The first-order chi connectivity index (χ1) is 5.49. The lowest BCUT2D eigenvalue weighted by atomic mass is 9.99. The first-order valence-corrected chi connectivity index (χ1v) is 4.52. The molecule has 0 radical (unpaired) electrons. The van der Waals surface area contributed by atoms with Crippen LogP contribution in [-0.2, 0) is 4.74 Å². The Bertz CT molecular complexity index is 139. The SMILES string of the molecule is CC(C)OCCN1CC(C)(F)C1. The van der Waals surface area contributed by atoms with Crippen LogP contribution in [0.25, 0.3) is 0 Å². The van der Waals surface area contributed by atoms with Crippen LogP contribution in [0.3, 0.4) is 0 Å². The molecule has 0 atom stereocenters. The maximum absolute atomic E-state index is 13.0. The third-order valence-corrected chi connectivity index (χ3v) is 1.97. The second-order valence-electron chi connectivity index (χ2n) is 4.04. The summed E-state index contributed by atoms with van der Waals surface area (Å²) in [6, 6.07) is 0. The van der Waals surface area contributed by atoms with Crippen LogP contribution in [0, 0.1) is 0 Å². The fraction of sp³-hybridized carbons (Fsp3) is 1.00. The van der Waals surface area contributed by atoms with Gasteiger partial charge in [-0.1, -0.05) is 0 Å². The number of nitrogens with zero attached hydrogens (tertiary/aromatic N) is 1. The van der Waals surface area contributed by atoms with E-state index in [1.807, 2.05) is 13.8 Å². The van der Waals surface area contributed by atoms with Crippen LogP contribution >= 0.6 is 0 Å². The normalized spacial score (nSPS) is 22.8. The molecule has 0 aromatic carbocycles. The number of rotatable bonds is 4. The Labute approximate surface area is 73.7 Å². The van der Waals surface area contributed by atoms with Crippen LogP contribution in [0.4, 0.5) is 4.39 Å². The van der Waals surface area contributed by atoms with Crippen molar-refractivity contribution in [3.05, 3.63) is 0 Å². The monoisotopic (exact) mass is 175 g/mol. The zero-order chi connectivity index (χ0) is 9.19. The Hall–Kier alpha value is -0.150. The van der Waals surface area contributed by atoms with E-state index in [1.165, 1.54) is 0 Å². The molecule has 12 heavy (non-hydrogen) atoms. The van der Waals surface area contributed by atoms with Crippen molar-refractivity contribution in [1.29, 1.82) is 0 Å². The zero-order valence-corrected chi connectivity index (χ0v) is 8.14. The van der Waals surface area contributed by atoms with E-state index in [9.17, 15) is 4.39 Å². The molecule has 0 bridgehead atoms. The van der Waals surface area contributed by atoms with Gasteiger partial charge in [0.05, 0.1) is 12.7 Å². The summed E-state index contributed by atoms with van der Waals surface area (Å²) in [5, 5.41) is 0. The highest BCUT2D eigenvalue weighted by atomic mass is 19.1. The summed E-state index contributed by atoms with van der Waals surface area (Å²) in [6.45, 7) is 8.37. The van der Waals surface area contributed by atoms with Crippen molar-refractivity contribution in [1.82, 2.24) is 4.90 Å². The molecule has 0 saturated carbocycles. The van der Waals surface area contributed by atoms with Crippen LogP contribution in [0.2, 0.25) is 0 Å². The molecule has 0 N–H and O–H groups in total. The third-order valence-electron chi connectivity index (χ3n) is 1.97. The van der Waals surface area contributed by atoms with Gasteiger partial charge in [0.15, 0.2) is 0 Å². The lowest BCUT2D eigenvalue weighted by Gasteiger charge is -2.42. The lowest BCUT2D eigenvalue weighted by Crippen LogP contribution is -2.57. The van der Waals surface area contributed by atoms with Crippen molar-refractivity contribution in [2.45, 2.75) is 32.5 Å². The highest BCUT2D eigenvalue weighted by Gasteiger charge is 2.38. The molecule has 1 rings (SSSR count). The summed E-state index contributed by atoms with van der Waals surface area (Å²) < 4.78 is 18.3. The van der Waals surface area contributed by atoms with E-state index >= 15 is 0 Å². The largest absolute Gasteiger partial charge is 0.377 e. The van der Waals surface area contributed by atoms with Crippen molar-refractivity contribution in [3.8, 4) is 0 Å². The molecule has 0 aliphatic carbocycles. The summed E-state index contributed by atoms with van der Waals surface area (Å²) in [5.41, 5.74) is -0.947. The number of hydrogen-bond donors (Lipinski definition) is 0. The van der Waals surface area contributed by atoms with Gasteiger partial charge in [0.2, 0.25) is 0 Å². The Morgan fingerprint density at radius 1 is 1.50 bits per heavy atom. The molecule has 0 aromatic heterocycles. The summed E-state index contributed by atoms with van der Waals surface area (Å²) >= 11 is 0. The maximum atomic E-state index is 13.0. The van der Waals surface area contributed by atoms with Gasteiger partial charge in [-0.2, -0.15) is 0 Å². The summed E-state index contributed by atoms with van der Waals surface area (Å²) in [5.74, 6) is 0. The highest BCUT2D eigenvalue weighted by molar-refractivity contribution is 4.91. The zero-order valence-electron chi connectivity index (χ0n) is 8.14. The first-order valence-electron chi connectivity index (χ1n) is 4.52. The van der Waals surface area contributed by atoms with Gasteiger partial charge in [0, 0.05) is 19.6 Å². The van der Waals surface area contributed by atoms with Crippen LogP contribution < -0.4 is 0 Å². The molecule has 0 unspecified atom stereocenters. The Balaban J connectivity index is 1.97. The average molecular weight is 175 g/mol. The topological polar surface area (TPSA) is 12.5 Å². The molecule has 0 spiro atoms. The third kappa shape index (κ3) is 3.07. The van der Waals surface area contributed by atoms with Gasteiger partial charge < -0.3 is 4.74 Å². The molecule has 1 aliphatic rings. The number of halogens is 1. The molecule has 2 nitrogen and oxygen atoms in total. The van der Waals surface area contributed by atoms with Gasteiger partial charge in [0.1, 0.15) is 5.67 Å². The van der Waals surface area contributed by atoms with E-state index < -0.39 is 5.67 Å². The standard InChI is InChI=1S/C9H18FNO/c1-8(2)12-5-4-11-6-9(3,10)7-11/h8H,4-7H2,1-3H3. The van der Waals surface area contributed by atoms with E-state index in [0.29, 0.717) is 19.7 Å². The van der Waals surface area contributed by atoms with E-state index in [4.69, 9.17) is 4.74 Å². The van der Waals surface area contributed by atoms with Crippen LogP contribution in [0.1, 0.15) is 20.8 Å². The molecule has 1 heterocycles. The molecule has 72 valence electrons. The molecule has 1 fully saturated rings. The molecular formula is C9H18FNO. The Morgan fingerprint density at radius 2 is 2.08 bits per heavy atom. The average Bonchev–Trinajstić information content (AvgIpc) is 1.82. The summed E-state index contributed by atoms with van der Waals surface area (Å²) in [4.78, 5) is 2.07. The molecule has 0 aromatic rings. The molecular weight excluding hydrogens is 157 g/mol. The molecule has 1 aliphatic heterocycles. The van der Waals surface area contributed by atoms with E-state index in [2.05, 4.69) is 4.90 Å². The molecule has 1 saturated heterocycles. The fourth-order valence-corrected chi connectivity index (χ4v) is 1.46.